The molecule has 0 spiro atoms. The largest absolute Gasteiger partial charge is 0.454 e. The molecular formula is C32H35BrN12O2. The first kappa shape index (κ1) is 32.0. The van der Waals surface area contributed by atoms with Crippen molar-refractivity contribution in [2.24, 2.45) is 11.0 Å². The molecule has 2 saturated heterocycles. The van der Waals surface area contributed by atoms with Crippen molar-refractivity contribution in [3.8, 4) is 23.3 Å². The number of fused-ring (bicyclic) bond motifs is 1. The number of hydrogen-bond acceptors (Lipinski definition) is 12. The third-order valence-electron chi connectivity index (χ3n) is 8.39. The highest BCUT2D eigenvalue weighted by molar-refractivity contribution is 9.12. The molecule has 0 radical (unpaired) electrons. The summed E-state index contributed by atoms with van der Waals surface area (Å²) in [5, 5.41) is 46.4. The van der Waals surface area contributed by atoms with Gasteiger partial charge in [-0.3, -0.25) is 5.41 Å². The molecule has 6 N–H and O–H groups in total. The number of rotatable bonds is 6. The van der Waals surface area contributed by atoms with E-state index in [0.717, 1.165) is 84.4 Å². The predicted molar refractivity (Wildman–Crippen MR) is 179 cm³/mol. The summed E-state index contributed by atoms with van der Waals surface area (Å²) < 4.78 is 12.7. The molecule has 7 heterocycles. The minimum atomic E-state index is 0.264. The number of nitrogens with one attached hydrogen (secondary N) is 4. The molecule has 0 aromatic carbocycles. The van der Waals surface area contributed by atoms with Crippen molar-refractivity contribution in [2.75, 3.05) is 38.6 Å². The van der Waals surface area contributed by atoms with Gasteiger partial charge in [0.25, 0.3) is 0 Å². The molecule has 0 bridgehead atoms. The van der Waals surface area contributed by atoms with Crippen LogP contribution in [0.4, 0.5) is 5.82 Å². The van der Waals surface area contributed by atoms with Crippen LogP contribution in [0, 0.1) is 34.0 Å². The van der Waals surface area contributed by atoms with Gasteiger partial charge in [-0.05, 0) is 66.3 Å². The van der Waals surface area contributed by atoms with Crippen molar-refractivity contribution in [2.45, 2.75) is 38.0 Å². The Morgan fingerprint density at radius 3 is 2.47 bits per heavy atom. The third-order valence-corrected chi connectivity index (χ3v) is 9.20. The highest BCUT2D eigenvalue weighted by Gasteiger charge is 2.28. The smallest absolute Gasteiger partial charge is 0.203 e. The molecule has 2 fully saturated rings. The van der Waals surface area contributed by atoms with E-state index in [4.69, 9.17) is 35.5 Å². The van der Waals surface area contributed by atoms with Gasteiger partial charge in [0.05, 0.1) is 22.6 Å². The zero-order valence-corrected chi connectivity index (χ0v) is 27.3. The van der Waals surface area contributed by atoms with E-state index in [2.05, 4.69) is 42.1 Å². The molecule has 0 saturated carbocycles. The summed E-state index contributed by atoms with van der Waals surface area (Å²) in [5.74, 6) is 2.25. The van der Waals surface area contributed by atoms with Crippen molar-refractivity contribution < 1.29 is 8.83 Å². The number of amidine groups is 1. The predicted octanol–water partition coefficient (Wildman–Crippen LogP) is 4.04. The molecule has 2 atom stereocenters. The Morgan fingerprint density at radius 1 is 1.06 bits per heavy atom. The second-order valence-electron chi connectivity index (χ2n) is 11.5. The van der Waals surface area contributed by atoms with E-state index in [9.17, 15) is 0 Å². The first-order valence-corrected chi connectivity index (χ1v) is 16.3. The standard InChI is InChI=1S/C16H19BrN6O.C16H16N6O/c17-14-15(12-2-1-4-20-8-12)21-10-23(16(14)19)22-5-3-11-6-13(7-18)24-9-11;17-6-12-4-11(9-23-12)13-8-20-22-15(18)5-14(21-16(13)22)10-2-1-3-19-7-10/h5-6,9,12,19-21H,1-4,8,10H2;4-5,8-10,19H,1-3,7,18H2/b19-16?,22-5-;. The summed E-state index contributed by atoms with van der Waals surface area (Å²) >= 11 is 3.54. The average Bonchev–Trinajstić information content (AvgIpc) is 3.88. The van der Waals surface area contributed by atoms with Gasteiger partial charge in [-0.1, -0.05) is 0 Å². The van der Waals surface area contributed by atoms with Crippen LogP contribution in [0.2, 0.25) is 0 Å². The summed E-state index contributed by atoms with van der Waals surface area (Å²) in [4.78, 5) is 4.79. The van der Waals surface area contributed by atoms with Crippen LogP contribution in [0.5, 0.6) is 0 Å². The number of piperidine rings is 2. The number of hydrazone groups is 1. The van der Waals surface area contributed by atoms with Crippen LogP contribution in [0.15, 0.2) is 61.0 Å². The number of nitriles is 2. The average molecular weight is 700 g/mol. The molecular weight excluding hydrogens is 664 g/mol. The summed E-state index contributed by atoms with van der Waals surface area (Å²) in [5.41, 5.74) is 11.4. The van der Waals surface area contributed by atoms with Crippen molar-refractivity contribution in [3.63, 3.8) is 0 Å². The summed E-state index contributed by atoms with van der Waals surface area (Å²) in [7, 11) is 0. The minimum absolute atomic E-state index is 0.264. The molecule has 2 unspecified atom stereocenters. The van der Waals surface area contributed by atoms with Crippen molar-refractivity contribution in [3.05, 3.63) is 69.9 Å². The molecule has 15 heteroatoms. The fraction of sp³-hybridized carbons (Fsp3) is 0.375. The van der Waals surface area contributed by atoms with E-state index >= 15 is 0 Å². The van der Waals surface area contributed by atoms with Gasteiger partial charge in [0.1, 0.15) is 30.9 Å². The van der Waals surface area contributed by atoms with Crippen LogP contribution >= 0.6 is 15.9 Å². The molecule has 4 aromatic heterocycles. The molecule has 7 rings (SSSR count). The fourth-order valence-electron chi connectivity index (χ4n) is 5.92. The molecule has 242 valence electrons. The van der Waals surface area contributed by atoms with Gasteiger partial charge in [0.2, 0.25) is 11.5 Å². The van der Waals surface area contributed by atoms with Crippen molar-refractivity contribution in [1.29, 1.82) is 15.9 Å². The van der Waals surface area contributed by atoms with Gasteiger partial charge in [-0.2, -0.15) is 25.2 Å². The van der Waals surface area contributed by atoms with Crippen LogP contribution in [0.1, 0.15) is 54.4 Å². The van der Waals surface area contributed by atoms with E-state index in [0.29, 0.717) is 48.0 Å². The molecule has 47 heavy (non-hydrogen) atoms. The van der Waals surface area contributed by atoms with Crippen LogP contribution in [0.25, 0.3) is 16.8 Å². The van der Waals surface area contributed by atoms with Crippen LogP contribution in [-0.2, 0) is 6.42 Å². The Kier molecular flexibility index (Phi) is 9.97. The Balaban J connectivity index is 0.000000164. The van der Waals surface area contributed by atoms with Crippen molar-refractivity contribution in [1.82, 2.24) is 35.6 Å². The van der Waals surface area contributed by atoms with Gasteiger partial charge >= 0.3 is 0 Å². The lowest BCUT2D eigenvalue weighted by atomic mass is 9.95. The summed E-state index contributed by atoms with van der Waals surface area (Å²) in [6, 6.07) is 9.21. The number of halogens is 1. The lowest BCUT2D eigenvalue weighted by Gasteiger charge is -2.33. The Bertz CT molecular complexity index is 1880. The first-order valence-electron chi connectivity index (χ1n) is 15.5. The number of aromatic nitrogens is 3. The molecule has 4 aromatic rings. The minimum Gasteiger partial charge on any atom is -0.454 e. The lowest BCUT2D eigenvalue weighted by molar-refractivity contribution is 0.356. The summed E-state index contributed by atoms with van der Waals surface area (Å²) in [6.45, 7) is 4.45. The van der Waals surface area contributed by atoms with Gasteiger partial charge in [0, 0.05) is 66.5 Å². The van der Waals surface area contributed by atoms with Crippen LogP contribution in [-0.4, -0.2) is 64.5 Å². The SMILES string of the molecule is N#Cc1cc(-c2cnn3c(N)cc(C4CCCNC4)nc23)co1.N#Cc1cc(C/C=N\N2CNC(C3CCCNC3)=C(Br)C2=N)co1. The normalized spacial score (nSPS) is 20.1. The number of nitrogen functional groups attached to an aromatic ring is 1. The topological polar surface area (TPSA) is 206 Å². The van der Waals surface area contributed by atoms with E-state index in [1.807, 2.05) is 18.2 Å². The van der Waals surface area contributed by atoms with Gasteiger partial charge < -0.3 is 30.5 Å². The molecule has 14 nitrogen and oxygen atoms in total. The number of nitrogens with two attached hydrogens (primary N) is 1. The monoisotopic (exact) mass is 698 g/mol. The number of furan rings is 2. The van der Waals surface area contributed by atoms with E-state index in [-0.39, 0.29) is 5.76 Å². The van der Waals surface area contributed by atoms with Gasteiger partial charge in [-0.15, -0.1) is 0 Å². The Hall–Kier alpha value is -4.96. The number of anilines is 1. The van der Waals surface area contributed by atoms with Crippen LogP contribution < -0.4 is 21.7 Å². The van der Waals surface area contributed by atoms with E-state index in [1.165, 1.54) is 0 Å². The number of nitrogens with zero attached hydrogens (tertiary/aromatic N) is 7. The van der Waals surface area contributed by atoms with Crippen LogP contribution in [0.3, 0.4) is 0 Å². The lowest BCUT2D eigenvalue weighted by Crippen LogP contribution is -2.45. The highest BCUT2D eigenvalue weighted by atomic mass is 79.9. The second kappa shape index (κ2) is 14.6. The molecule has 0 amide bonds. The first-order chi connectivity index (χ1) is 22.9. The maximum atomic E-state index is 8.91. The summed E-state index contributed by atoms with van der Waals surface area (Å²) in [6.07, 6.45) is 11.6. The van der Waals surface area contributed by atoms with Gasteiger partial charge in [0.15, 0.2) is 11.5 Å². The van der Waals surface area contributed by atoms with E-state index < -0.39 is 0 Å². The maximum absolute atomic E-state index is 8.91. The quantitative estimate of drug-likeness (QED) is 0.182. The zero-order chi connectivity index (χ0) is 32.8. The third kappa shape index (κ3) is 7.23. The fourth-order valence-corrected chi connectivity index (χ4v) is 6.59. The Labute approximate surface area is 279 Å². The highest BCUT2D eigenvalue weighted by Crippen LogP contribution is 2.30. The van der Waals surface area contributed by atoms with E-state index in [1.54, 1.807) is 46.6 Å². The van der Waals surface area contributed by atoms with Gasteiger partial charge in [-0.25, -0.2) is 9.99 Å². The molecule has 0 aliphatic carbocycles. The zero-order valence-electron chi connectivity index (χ0n) is 25.7. The number of hydrogen-bond donors (Lipinski definition) is 5. The maximum Gasteiger partial charge on any atom is 0.203 e. The molecule has 3 aliphatic rings. The Morgan fingerprint density at radius 2 is 1.79 bits per heavy atom. The second-order valence-corrected chi connectivity index (χ2v) is 12.3. The molecule has 3 aliphatic heterocycles. The van der Waals surface area contributed by atoms with Crippen molar-refractivity contribution >= 4 is 39.4 Å².